The van der Waals surface area contributed by atoms with E-state index < -0.39 is 10.9 Å². The topological polar surface area (TPSA) is 101 Å². The molecular weight excluding hydrogens is 226 g/mol. The lowest BCUT2D eigenvalue weighted by molar-refractivity contribution is -0.385. The van der Waals surface area contributed by atoms with Gasteiger partial charge in [0.1, 0.15) is 5.56 Å². The zero-order chi connectivity index (χ0) is 12.8. The second kappa shape index (κ2) is 5.63. The molecule has 88 valence electrons. The first-order chi connectivity index (χ1) is 8.06. The minimum atomic E-state index is -1.23. The first-order valence-corrected chi connectivity index (χ1v) is 4.67. The highest BCUT2D eigenvalue weighted by Gasteiger charge is 2.15. The maximum absolute atomic E-state index is 10.7. The third-order valence-corrected chi connectivity index (χ3v) is 1.90. The lowest BCUT2D eigenvalue weighted by Gasteiger charge is -1.97. The van der Waals surface area contributed by atoms with Gasteiger partial charge in [0, 0.05) is 12.5 Å². The third-order valence-electron chi connectivity index (χ3n) is 1.90. The molecule has 0 unspecified atom stereocenters. The number of benzene rings is 1. The van der Waals surface area contributed by atoms with Crippen LogP contribution in [0, 0.1) is 22.0 Å². The molecule has 0 atom stereocenters. The van der Waals surface area contributed by atoms with Crippen molar-refractivity contribution < 1.29 is 19.9 Å². The zero-order valence-corrected chi connectivity index (χ0v) is 8.71. The summed E-state index contributed by atoms with van der Waals surface area (Å²) < 4.78 is 0. The number of rotatable bonds is 3. The average Bonchev–Trinajstić information content (AvgIpc) is 2.29. The van der Waals surface area contributed by atoms with E-state index in [-0.39, 0.29) is 29.8 Å². The first kappa shape index (κ1) is 12.7. The van der Waals surface area contributed by atoms with Crippen LogP contribution in [-0.2, 0) is 0 Å². The van der Waals surface area contributed by atoms with E-state index >= 15 is 0 Å². The fraction of sp³-hybridized carbons (Fsp3) is 0.182. The van der Waals surface area contributed by atoms with Crippen LogP contribution < -0.4 is 0 Å². The molecule has 2 N–H and O–H groups in total. The van der Waals surface area contributed by atoms with Gasteiger partial charge >= 0.3 is 5.97 Å². The Morgan fingerprint density at radius 2 is 2.18 bits per heavy atom. The molecule has 17 heavy (non-hydrogen) atoms. The summed E-state index contributed by atoms with van der Waals surface area (Å²) in [6.45, 7) is -0.131. The molecule has 0 bridgehead atoms. The summed E-state index contributed by atoms with van der Waals surface area (Å²) in [5.74, 6) is 3.83. The van der Waals surface area contributed by atoms with Gasteiger partial charge in [0.25, 0.3) is 5.69 Å². The Morgan fingerprint density at radius 1 is 1.47 bits per heavy atom. The number of aliphatic hydroxyl groups is 1. The number of hydrogen-bond acceptors (Lipinski definition) is 4. The SMILES string of the molecule is O=C(O)c1ccc(C#CCCO)c([N+](=O)[O-])c1. The third kappa shape index (κ3) is 3.29. The van der Waals surface area contributed by atoms with Crippen LogP contribution >= 0.6 is 0 Å². The molecule has 0 aliphatic carbocycles. The quantitative estimate of drug-likeness (QED) is 0.463. The molecule has 0 aliphatic rings. The van der Waals surface area contributed by atoms with E-state index in [4.69, 9.17) is 10.2 Å². The van der Waals surface area contributed by atoms with Crippen LogP contribution in [0.25, 0.3) is 0 Å². The van der Waals surface area contributed by atoms with Crippen LogP contribution in [0.15, 0.2) is 18.2 Å². The number of carboxylic acids is 1. The Labute approximate surface area is 96.7 Å². The smallest absolute Gasteiger partial charge is 0.335 e. The van der Waals surface area contributed by atoms with Gasteiger partial charge in [0.2, 0.25) is 0 Å². The summed E-state index contributed by atoms with van der Waals surface area (Å²) >= 11 is 0. The van der Waals surface area contributed by atoms with Crippen LogP contribution in [0.5, 0.6) is 0 Å². The molecule has 0 fully saturated rings. The Balaban J connectivity index is 3.19. The second-order valence-electron chi connectivity index (χ2n) is 3.07. The second-order valence-corrected chi connectivity index (χ2v) is 3.07. The van der Waals surface area contributed by atoms with Crippen LogP contribution in [0.3, 0.4) is 0 Å². The molecule has 6 nitrogen and oxygen atoms in total. The van der Waals surface area contributed by atoms with Crippen molar-refractivity contribution in [3.05, 3.63) is 39.4 Å². The van der Waals surface area contributed by atoms with Gasteiger partial charge < -0.3 is 10.2 Å². The summed E-state index contributed by atoms with van der Waals surface area (Å²) in [5.41, 5.74) is -0.381. The minimum absolute atomic E-state index is 0.131. The Morgan fingerprint density at radius 3 is 2.71 bits per heavy atom. The van der Waals surface area contributed by atoms with E-state index in [9.17, 15) is 14.9 Å². The van der Waals surface area contributed by atoms with E-state index in [1.165, 1.54) is 12.1 Å². The van der Waals surface area contributed by atoms with Gasteiger partial charge in [-0.15, -0.1) is 0 Å². The van der Waals surface area contributed by atoms with Gasteiger partial charge in [-0.1, -0.05) is 11.8 Å². The van der Waals surface area contributed by atoms with Gasteiger partial charge in [0.05, 0.1) is 17.1 Å². The highest BCUT2D eigenvalue weighted by Crippen LogP contribution is 2.19. The van der Waals surface area contributed by atoms with E-state index in [2.05, 4.69) is 11.8 Å². The number of carboxylic acid groups (broad SMARTS) is 1. The molecule has 0 heterocycles. The molecule has 6 heteroatoms. The fourth-order valence-corrected chi connectivity index (χ4v) is 1.14. The predicted molar refractivity (Wildman–Crippen MR) is 58.6 cm³/mol. The molecule has 0 saturated carbocycles. The maximum Gasteiger partial charge on any atom is 0.335 e. The fourth-order valence-electron chi connectivity index (χ4n) is 1.14. The summed E-state index contributed by atoms with van der Waals surface area (Å²) in [6.07, 6.45) is 0.206. The molecule has 0 spiro atoms. The predicted octanol–water partition coefficient (Wildman–Crippen LogP) is 1.03. The highest BCUT2D eigenvalue weighted by molar-refractivity contribution is 5.88. The number of aromatic carboxylic acids is 1. The number of nitro groups is 1. The molecule has 0 amide bonds. The largest absolute Gasteiger partial charge is 0.478 e. The van der Waals surface area contributed by atoms with Crippen molar-refractivity contribution in [2.75, 3.05) is 6.61 Å². The van der Waals surface area contributed by atoms with Gasteiger partial charge in [-0.2, -0.15) is 0 Å². The van der Waals surface area contributed by atoms with Crippen LogP contribution in [0.1, 0.15) is 22.3 Å². The molecule has 1 aromatic carbocycles. The molecule has 1 rings (SSSR count). The molecule has 0 radical (unpaired) electrons. The number of hydrogen-bond donors (Lipinski definition) is 2. The Hall–Kier alpha value is -2.39. The summed E-state index contributed by atoms with van der Waals surface area (Å²) in [5, 5.41) is 28.0. The Bertz CT molecular complexity index is 512. The monoisotopic (exact) mass is 235 g/mol. The van der Waals surface area contributed by atoms with Crippen LogP contribution in [0.2, 0.25) is 0 Å². The summed E-state index contributed by atoms with van der Waals surface area (Å²) in [4.78, 5) is 20.7. The molecule has 0 aliphatic heterocycles. The summed E-state index contributed by atoms with van der Waals surface area (Å²) in [7, 11) is 0. The highest BCUT2D eigenvalue weighted by atomic mass is 16.6. The van der Waals surface area contributed by atoms with Crippen molar-refractivity contribution in [2.24, 2.45) is 0 Å². The van der Waals surface area contributed by atoms with Gasteiger partial charge in [-0.25, -0.2) is 4.79 Å². The van der Waals surface area contributed by atoms with Crippen molar-refractivity contribution in [3.8, 4) is 11.8 Å². The van der Waals surface area contributed by atoms with E-state index in [1.54, 1.807) is 0 Å². The number of nitrogens with zero attached hydrogens (tertiary/aromatic N) is 1. The van der Waals surface area contributed by atoms with Crippen molar-refractivity contribution >= 4 is 11.7 Å². The number of carbonyl (C=O) groups is 1. The van der Waals surface area contributed by atoms with Crippen molar-refractivity contribution in [1.29, 1.82) is 0 Å². The zero-order valence-electron chi connectivity index (χ0n) is 8.71. The van der Waals surface area contributed by atoms with E-state index in [1.807, 2.05) is 0 Å². The van der Waals surface area contributed by atoms with Gasteiger partial charge in [-0.05, 0) is 12.1 Å². The lowest BCUT2D eigenvalue weighted by atomic mass is 10.1. The number of nitro benzene ring substituents is 1. The molecular formula is C11H9NO5. The summed E-state index contributed by atoms with van der Waals surface area (Å²) in [6, 6.07) is 3.50. The van der Waals surface area contributed by atoms with E-state index in [0.717, 1.165) is 6.07 Å². The molecule has 0 aromatic heterocycles. The Kier molecular flexibility index (Phi) is 4.20. The van der Waals surface area contributed by atoms with Crippen molar-refractivity contribution in [2.45, 2.75) is 6.42 Å². The minimum Gasteiger partial charge on any atom is -0.478 e. The van der Waals surface area contributed by atoms with E-state index in [0.29, 0.717) is 0 Å². The van der Waals surface area contributed by atoms with Crippen molar-refractivity contribution in [1.82, 2.24) is 0 Å². The normalized spacial score (nSPS) is 9.24. The van der Waals surface area contributed by atoms with Crippen LogP contribution in [-0.4, -0.2) is 27.7 Å². The van der Waals surface area contributed by atoms with Gasteiger partial charge in [-0.3, -0.25) is 10.1 Å². The van der Waals surface area contributed by atoms with Crippen molar-refractivity contribution in [3.63, 3.8) is 0 Å². The maximum atomic E-state index is 10.7. The first-order valence-electron chi connectivity index (χ1n) is 4.67. The van der Waals surface area contributed by atoms with Crippen LogP contribution in [0.4, 0.5) is 5.69 Å². The molecule has 1 aromatic rings. The number of aliphatic hydroxyl groups excluding tert-OH is 1. The molecule has 0 saturated heterocycles. The lowest BCUT2D eigenvalue weighted by Crippen LogP contribution is -1.99. The average molecular weight is 235 g/mol. The van der Waals surface area contributed by atoms with Gasteiger partial charge in [0.15, 0.2) is 0 Å². The standard InChI is InChI=1S/C11H9NO5/c13-6-2-1-3-8-4-5-9(11(14)15)7-10(8)12(16)17/h4-5,7,13H,2,6H2,(H,14,15).